The number of aryl methyl sites for hydroxylation is 1. The predicted octanol–water partition coefficient (Wildman–Crippen LogP) is 1.96. The fraction of sp³-hybridized carbons (Fsp3) is 0.611. The van der Waals surface area contributed by atoms with E-state index in [0.717, 1.165) is 12.8 Å². The summed E-state index contributed by atoms with van der Waals surface area (Å²) in [4.78, 5) is 50.5. The third-order valence-electron chi connectivity index (χ3n) is 3.48. The van der Waals surface area contributed by atoms with Gasteiger partial charge in [-0.1, -0.05) is 13.3 Å². The van der Waals surface area contributed by atoms with Crippen LogP contribution in [0.15, 0.2) is 17.1 Å². The van der Waals surface area contributed by atoms with Gasteiger partial charge in [0.25, 0.3) is 0 Å². The molecule has 0 saturated heterocycles. The summed E-state index contributed by atoms with van der Waals surface area (Å²) in [6.45, 7) is 7.18. The van der Waals surface area contributed by atoms with Crippen LogP contribution < -0.4 is 16.3 Å². The normalized spacial score (nSPS) is 12.0. The van der Waals surface area contributed by atoms with Gasteiger partial charge >= 0.3 is 23.8 Å². The maximum Gasteiger partial charge on any atom is 0.412 e. The van der Waals surface area contributed by atoms with Gasteiger partial charge in [-0.2, -0.15) is 4.98 Å². The molecule has 3 N–H and O–H groups in total. The van der Waals surface area contributed by atoms with Gasteiger partial charge in [-0.3, -0.25) is 9.88 Å². The van der Waals surface area contributed by atoms with Gasteiger partial charge in [0.15, 0.2) is 0 Å². The zero-order valence-corrected chi connectivity index (χ0v) is 17.1. The molecule has 11 nitrogen and oxygen atoms in total. The van der Waals surface area contributed by atoms with E-state index in [-0.39, 0.29) is 25.4 Å². The summed E-state index contributed by atoms with van der Waals surface area (Å²) in [5.74, 6) is -1.24. The molecule has 0 fully saturated rings. The Bertz CT molecular complexity index is 770. The van der Waals surface area contributed by atoms with Crippen molar-refractivity contribution in [3.8, 4) is 0 Å². The van der Waals surface area contributed by atoms with E-state index < -0.39 is 35.5 Å². The topological polar surface area (TPSA) is 149 Å². The predicted molar refractivity (Wildman–Crippen MR) is 104 cm³/mol. The maximum absolute atomic E-state index is 12.1. The summed E-state index contributed by atoms with van der Waals surface area (Å²) in [7, 11) is 0. The molecular weight excluding hydrogens is 384 g/mol. The molecular formula is C18H28N4O7. The number of rotatable bonds is 9. The Morgan fingerprint density at radius 3 is 2.52 bits per heavy atom. The minimum atomic E-state index is -1.26. The van der Waals surface area contributed by atoms with Crippen LogP contribution in [0.3, 0.4) is 0 Å². The molecule has 1 rings (SSSR count). The number of carbonyl (C=O) groups is 3. The molecule has 1 aromatic heterocycles. The monoisotopic (exact) mass is 412 g/mol. The highest BCUT2D eigenvalue weighted by molar-refractivity contribution is 5.83. The van der Waals surface area contributed by atoms with Gasteiger partial charge in [-0.25, -0.2) is 19.2 Å². The lowest BCUT2D eigenvalue weighted by Crippen LogP contribution is -2.44. The number of anilines is 1. The van der Waals surface area contributed by atoms with Gasteiger partial charge in [0.2, 0.25) is 0 Å². The average molecular weight is 412 g/mol. The van der Waals surface area contributed by atoms with Gasteiger partial charge in [-0.05, 0) is 39.7 Å². The smallest absolute Gasteiger partial charge is 0.412 e. The highest BCUT2D eigenvalue weighted by Gasteiger charge is 2.24. The van der Waals surface area contributed by atoms with Crippen LogP contribution in [0, 0.1) is 0 Å². The third kappa shape index (κ3) is 9.58. The lowest BCUT2D eigenvalue weighted by atomic mass is 10.2. The second-order valence-corrected chi connectivity index (χ2v) is 7.23. The van der Waals surface area contributed by atoms with Crippen LogP contribution in [0.1, 0.15) is 47.0 Å². The van der Waals surface area contributed by atoms with Crippen LogP contribution in [0.2, 0.25) is 0 Å². The van der Waals surface area contributed by atoms with Gasteiger partial charge < -0.3 is 19.9 Å². The number of aromatic nitrogens is 2. The largest absolute Gasteiger partial charge is 0.480 e. The molecule has 0 spiro atoms. The first-order valence-corrected chi connectivity index (χ1v) is 9.25. The van der Waals surface area contributed by atoms with E-state index in [1.807, 2.05) is 6.92 Å². The molecule has 0 aromatic carbocycles. The first-order valence-electron chi connectivity index (χ1n) is 9.25. The van der Waals surface area contributed by atoms with E-state index in [1.54, 1.807) is 20.8 Å². The Morgan fingerprint density at radius 1 is 1.28 bits per heavy atom. The van der Waals surface area contributed by atoms with Crippen LogP contribution in [0.25, 0.3) is 0 Å². The second-order valence-electron chi connectivity index (χ2n) is 7.23. The molecule has 0 aliphatic heterocycles. The Morgan fingerprint density at radius 2 is 1.97 bits per heavy atom. The first-order chi connectivity index (χ1) is 13.5. The Labute approximate surface area is 168 Å². The van der Waals surface area contributed by atoms with E-state index in [4.69, 9.17) is 9.47 Å². The Kier molecular flexibility index (Phi) is 9.10. The number of ether oxygens (including phenoxy) is 2. The number of aliphatic carboxylic acids is 1. The summed E-state index contributed by atoms with van der Waals surface area (Å²) in [5, 5.41) is 13.9. The zero-order valence-electron chi connectivity index (χ0n) is 17.1. The molecule has 0 aliphatic rings. The molecule has 1 aromatic rings. The highest BCUT2D eigenvalue weighted by Crippen LogP contribution is 2.08. The molecule has 1 atom stereocenters. The summed E-state index contributed by atoms with van der Waals surface area (Å²) in [6.07, 6.45) is 1.32. The zero-order chi connectivity index (χ0) is 22.0. The number of amides is 2. The van der Waals surface area contributed by atoms with Crippen LogP contribution in [-0.4, -0.2) is 51.1 Å². The molecule has 0 aliphatic carbocycles. The quantitative estimate of drug-likeness (QED) is 0.521. The van der Waals surface area contributed by atoms with Crippen LogP contribution in [0.4, 0.5) is 15.4 Å². The molecule has 0 saturated carbocycles. The number of carbonyl (C=O) groups excluding carboxylic acids is 2. The van der Waals surface area contributed by atoms with E-state index in [1.165, 1.54) is 16.8 Å². The van der Waals surface area contributed by atoms with Gasteiger partial charge in [0.05, 0.1) is 6.61 Å². The van der Waals surface area contributed by atoms with Crippen molar-refractivity contribution in [3.05, 3.63) is 22.7 Å². The number of nitrogens with zero attached hydrogens (tertiary/aromatic N) is 2. The SMILES string of the molecule is CCCCOC(=O)Nc1ccn(CC[C@H](NC(=O)OC(C)(C)C)C(=O)O)c(=O)n1. The molecule has 1 heterocycles. The lowest BCUT2D eigenvalue weighted by Gasteiger charge is -2.22. The Balaban J connectivity index is 2.65. The molecule has 2 amide bonds. The maximum atomic E-state index is 12.1. The van der Waals surface area contributed by atoms with Crippen LogP contribution in [-0.2, 0) is 20.8 Å². The summed E-state index contributed by atoms with van der Waals surface area (Å²) in [5.41, 5.74) is -1.45. The fourth-order valence-corrected chi connectivity index (χ4v) is 2.09. The molecule has 0 bridgehead atoms. The average Bonchev–Trinajstić information content (AvgIpc) is 2.58. The van der Waals surface area contributed by atoms with Crippen molar-refractivity contribution in [2.75, 3.05) is 11.9 Å². The van der Waals surface area contributed by atoms with Crippen molar-refractivity contribution in [2.45, 2.75) is 65.1 Å². The van der Waals surface area contributed by atoms with Crippen LogP contribution >= 0.6 is 0 Å². The summed E-state index contributed by atoms with van der Waals surface area (Å²) < 4.78 is 11.1. The summed E-state index contributed by atoms with van der Waals surface area (Å²) >= 11 is 0. The number of hydrogen-bond donors (Lipinski definition) is 3. The standard InChI is InChI=1S/C18H28N4O7/c1-5-6-11-28-16(26)21-13-8-10-22(15(25)20-13)9-7-12(14(23)24)19-17(27)29-18(2,3)4/h8,10,12H,5-7,9,11H2,1-4H3,(H,19,27)(H,23,24)(H,20,21,25,26)/t12-/m0/s1. The van der Waals surface area contributed by atoms with E-state index in [2.05, 4.69) is 15.6 Å². The molecule has 29 heavy (non-hydrogen) atoms. The number of carboxylic acids is 1. The van der Waals surface area contributed by atoms with Gasteiger partial charge in [0, 0.05) is 12.7 Å². The van der Waals surface area contributed by atoms with Crippen molar-refractivity contribution in [3.63, 3.8) is 0 Å². The highest BCUT2D eigenvalue weighted by atomic mass is 16.6. The van der Waals surface area contributed by atoms with Crippen molar-refractivity contribution in [2.24, 2.45) is 0 Å². The number of alkyl carbamates (subject to hydrolysis) is 1. The molecule has 0 radical (unpaired) electrons. The second kappa shape index (κ2) is 11.0. The number of nitrogens with one attached hydrogen (secondary N) is 2. The fourth-order valence-electron chi connectivity index (χ4n) is 2.09. The van der Waals surface area contributed by atoms with Crippen molar-refractivity contribution >= 4 is 24.0 Å². The van der Waals surface area contributed by atoms with Crippen molar-refractivity contribution < 1.29 is 29.0 Å². The minimum absolute atomic E-state index is 0.0141. The minimum Gasteiger partial charge on any atom is -0.480 e. The number of carboxylic acid groups (broad SMARTS) is 1. The van der Waals surface area contributed by atoms with E-state index in [0.29, 0.717) is 0 Å². The lowest BCUT2D eigenvalue weighted by molar-refractivity contribution is -0.139. The summed E-state index contributed by atoms with van der Waals surface area (Å²) in [6, 6.07) is 0.141. The van der Waals surface area contributed by atoms with E-state index >= 15 is 0 Å². The number of unbranched alkanes of at least 4 members (excludes halogenated alkanes) is 1. The van der Waals surface area contributed by atoms with Gasteiger partial charge in [0.1, 0.15) is 17.5 Å². The molecule has 0 unspecified atom stereocenters. The Hall–Kier alpha value is -3.11. The van der Waals surface area contributed by atoms with Crippen molar-refractivity contribution in [1.82, 2.24) is 14.9 Å². The van der Waals surface area contributed by atoms with Crippen molar-refractivity contribution in [1.29, 1.82) is 0 Å². The first kappa shape index (κ1) is 23.9. The molecule has 162 valence electrons. The molecule has 11 heteroatoms. The van der Waals surface area contributed by atoms with E-state index in [9.17, 15) is 24.3 Å². The third-order valence-corrected chi connectivity index (χ3v) is 3.48. The van der Waals surface area contributed by atoms with Crippen LogP contribution in [0.5, 0.6) is 0 Å². The van der Waals surface area contributed by atoms with Gasteiger partial charge in [-0.15, -0.1) is 0 Å². The number of hydrogen-bond acceptors (Lipinski definition) is 7.